The molecule has 2 N–H and O–H groups in total. The fourth-order valence-corrected chi connectivity index (χ4v) is 4.57. The van der Waals surface area contributed by atoms with Crippen molar-refractivity contribution in [1.29, 1.82) is 0 Å². The topological polar surface area (TPSA) is 70.4 Å². The highest BCUT2D eigenvalue weighted by molar-refractivity contribution is 5.88. The minimum absolute atomic E-state index is 0.0657. The average molecular weight is 481 g/mol. The van der Waals surface area contributed by atoms with Gasteiger partial charge in [0, 0.05) is 25.3 Å². The molecule has 0 bridgehead atoms. The maximum absolute atomic E-state index is 11.6. The number of aromatic carboxylic acids is 1. The molecule has 0 spiro atoms. The predicted molar refractivity (Wildman–Crippen MR) is 127 cm³/mol. The van der Waals surface area contributed by atoms with Gasteiger partial charge in [0.15, 0.2) is 5.69 Å². The molecule has 2 heterocycles. The summed E-state index contributed by atoms with van der Waals surface area (Å²) in [6.07, 6.45) is -0.522. The van der Waals surface area contributed by atoms with Crippen molar-refractivity contribution in [3.8, 4) is 0 Å². The second-order valence-corrected chi connectivity index (χ2v) is 9.26. The normalized spacial score (nSPS) is 15.2. The summed E-state index contributed by atoms with van der Waals surface area (Å²) >= 11 is 0. The summed E-state index contributed by atoms with van der Waals surface area (Å²) < 4.78 is 36.7. The Morgan fingerprint density at radius 1 is 1.15 bits per heavy atom. The number of anilines is 2. The van der Waals surface area contributed by atoms with Gasteiger partial charge in [-0.05, 0) is 57.2 Å². The number of hydrogen-bond acceptors (Lipinski definition) is 4. The molecule has 0 radical (unpaired) electrons. The van der Waals surface area contributed by atoms with Crippen molar-refractivity contribution in [2.24, 2.45) is 5.92 Å². The van der Waals surface area contributed by atoms with Crippen LogP contribution < -0.4 is 10.2 Å². The largest absolute Gasteiger partial charge is 0.477 e. The molecule has 0 saturated heterocycles. The number of imidazole rings is 1. The minimum atomic E-state index is -4.01. The Bertz CT molecular complexity index is 989. The van der Waals surface area contributed by atoms with E-state index in [1.165, 1.54) is 29.5 Å². The predicted octanol–water partition coefficient (Wildman–Crippen LogP) is 5.55. The average Bonchev–Trinajstić information content (AvgIpc) is 3.35. The molecular formula is C25H35F3N4O2. The van der Waals surface area contributed by atoms with E-state index < -0.39 is 18.6 Å². The highest BCUT2D eigenvalue weighted by atomic mass is 19.4. The first kappa shape index (κ1) is 26.1. The second kappa shape index (κ2) is 10.8. The van der Waals surface area contributed by atoms with Gasteiger partial charge in [0.05, 0.1) is 12.1 Å². The number of carbonyl (C=O) groups is 1. The maximum atomic E-state index is 11.6. The Morgan fingerprint density at radius 3 is 2.32 bits per heavy atom. The number of rotatable bonds is 8. The van der Waals surface area contributed by atoms with Crippen LogP contribution in [0, 0.1) is 26.7 Å². The Kier molecular flexibility index (Phi) is 8.28. The molecule has 1 aliphatic heterocycles. The van der Waals surface area contributed by atoms with Crippen molar-refractivity contribution in [3.05, 3.63) is 40.2 Å². The first-order valence-corrected chi connectivity index (χ1v) is 12.0. The molecule has 1 aromatic carbocycles. The van der Waals surface area contributed by atoms with Crippen molar-refractivity contribution in [3.63, 3.8) is 0 Å². The number of aryl methyl sites for hydroxylation is 4. The third-order valence-electron chi connectivity index (χ3n) is 6.26. The molecule has 0 atom stereocenters. The van der Waals surface area contributed by atoms with E-state index in [1.807, 2.05) is 11.5 Å². The molecule has 9 heteroatoms. The number of nitrogens with zero attached hydrogens (tertiary/aromatic N) is 3. The van der Waals surface area contributed by atoms with Crippen LogP contribution >= 0.6 is 0 Å². The third-order valence-corrected chi connectivity index (χ3v) is 6.26. The van der Waals surface area contributed by atoms with Crippen LogP contribution in [-0.4, -0.2) is 46.4 Å². The monoisotopic (exact) mass is 480 g/mol. The van der Waals surface area contributed by atoms with Gasteiger partial charge >= 0.3 is 12.1 Å². The smallest absolute Gasteiger partial charge is 0.390 e. The molecule has 0 unspecified atom stereocenters. The quantitative estimate of drug-likeness (QED) is 0.485. The van der Waals surface area contributed by atoms with Crippen molar-refractivity contribution < 1.29 is 23.1 Å². The van der Waals surface area contributed by atoms with Crippen LogP contribution in [0.15, 0.2) is 12.1 Å². The number of carboxylic acid groups (broad SMARTS) is 1. The molecule has 1 saturated carbocycles. The molecule has 2 aliphatic rings. The molecule has 1 fully saturated rings. The molecule has 0 amide bonds. The van der Waals surface area contributed by atoms with Crippen LogP contribution in [0.5, 0.6) is 0 Å². The molecule has 2 aromatic rings. The zero-order valence-electron chi connectivity index (χ0n) is 20.4. The number of alkyl halides is 3. The number of fused-ring (bicyclic) bond motifs is 1. The van der Waals surface area contributed by atoms with Crippen LogP contribution in [0.4, 0.5) is 24.8 Å². The van der Waals surface area contributed by atoms with Crippen LogP contribution in [0.1, 0.15) is 65.5 Å². The minimum Gasteiger partial charge on any atom is -0.477 e. The lowest BCUT2D eigenvalue weighted by Crippen LogP contribution is -2.22. The van der Waals surface area contributed by atoms with Gasteiger partial charge in [0.2, 0.25) is 5.95 Å². The summed E-state index contributed by atoms with van der Waals surface area (Å²) in [5.41, 5.74) is 5.78. The fourth-order valence-electron chi connectivity index (χ4n) is 4.57. The number of hydrogen-bond donors (Lipinski definition) is 2. The lowest BCUT2D eigenvalue weighted by atomic mass is 10.0. The number of nitrogens with one attached hydrogen (secondary N) is 1. The van der Waals surface area contributed by atoms with Crippen LogP contribution in [0.2, 0.25) is 0 Å². The van der Waals surface area contributed by atoms with E-state index in [-0.39, 0.29) is 6.54 Å². The second-order valence-electron chi connectivity index (χ2n) is 9.26. The van der Waals surface area contributed by atoms with E-state index >= 15 is 0 Å². The molecular weight excluding hydrogens is 445 g/mol. The number of aromatic nitrogens is 2. The van der Waals surface area contributed by atoms with Gasteiger partial charge in [-0.25, -0.2) is 9.78 Å². The summed E-state index contributed by atoms with van der Waals surface area (Å²) in [4.78, 5) is 18.3. The highest BCUT2D eigenvalue weighted by Crippen LogP contribution is 2.36. The van der Waals surface area contributed by atoms with Gasteiger partial charge in [-0.15, -0.1) is 0 Å². The molecule has 6 nitrogen and oxygen atoms in total. The van der Waals surface area contributed by atoms with Crippen molar-refractivity contribution in [1.82, 2.24) is 14.9 Å². The molecule has 188 valence electrons. The van der Waals surface area contributed by atoms with E-state index in [0.29, 0.717) is 24.4 Å². The Labute approximate surface area is 199 Å². The summed E-state index contributed by atoms with van der Waals surface area (Å²) in [6.45, 7) is 10.5. The number of benzene rings is 1. The van der Waals surface area contributed by atoms with E-state index in [2.05, 4.69) is 48.1 Å². The van der Waals surface area contributed by atoms with E-state index in [0.717, 1.165) is 37.1 Å². The van der Waals surface area contributed by atoms with Crippen LogP contribution in [0.25, 0.3) is 0 Å². The lowest BCUT2D eigenvalue weighted by Gasteiger charge is -2.22. The van der Waals surface area contributed by atoms with Gasteiger partial charge in [0.25, 0.3) is 0 Å². The lowest BCUT2D eigenvalue weighted by molar-refractivity contribution is -0.133. The third kappa shape index (κ3) is 6.52. The SMILES string of the molecule is CCc1nc2n(c1C(=O)O)CCN2c1c(C)cc(C)cc1C.FC(F)(F)CCNCCC1CC1. The summed E-state index contributed by atoms with van der Waals surface area (Å²) in [5, 5.41) is 12.3. The van der Waals surface area contributed by atoms with E-state index in [1.54, 1.807) is 0 Å². The summed E-state index contributed by atoms with van der Waals surface area (Å²) in [5.74, 6) is 0.655. The van der Waals surface area contributed by atoms with Gasteiger partial charge in [0.1, 0.15) is 0 Å². The first-order valence-electron chi connectivity index (χ1n) is 12.0. The molecule has 1 aliphatic carbocycles. The Morgan fingerprint density at radius 2 is 1.79 bits per heavy atom. The van der Waals surface area contributed by atoms with Crippen LogP contribution in [-0.2, 0) is 13.0 Å². The zero-order chi connectivity index (χ0) is 25.0. The Balaban J connectivity index is 0.000000229. The standard InChI is InChI=1S/C17H21N3O2.C8H14F3N/c1-5-13-15(16(21)22)20-7-6-19(17(20)18-13)14-11(3)8-10(2)9-12(14)4;9-8(10,11)4-6-12-5-3-7-1-2-7/h8-9H,5-7H2,1-4H3,(H,21,22);7,12H,1-6H2. The van der Waals surface area contributed by atoms with Crippen LogP contribution in [0.3, 0.4) is 0 Å². The maximum Gasteiger partial charge on any atom is 0.390 e. The van der Waals surface area contributed by atoms with Gasteiger partial charge in [-0.1, -0.05) is 37.5 Å². The fraction of sp³-hybridized carbons (Fsp3) is 0.600. The van der Waals surface area contributed by atoms with Crippen molar-refractivity contribution in [2.75, 3.05) is 24.5 Å². The Hall–Kier alpha value is -2.55. The van der Waals surface area contributed by atoms with Crippen molar-refractivity contribution in [2.45, 2.75) is 72.5 Å². The van der Waals surface area contributed by atoms with Gasteiger partial charge in [-0.3, -0.25) is 0 Å². The molecule has 1 aromatic heterocycles. The van der Waals surface area contributed by atoms with Crippen molar-refractivity contribution >= 4 is 17.6 Å². The molecule has 4 rings (SSSR count). The number of halogens is 3. The molecule has 34 heavy (non-hydrogen) atoms. The van der Waals surface area contributed by atoms with E-state index in [9.17, 15) is 23.1 Å². The number of carboxylic acids is 1. The zero-order valence-corrected chi connectivity index (χ0v) is 20.4. The van der Waals surface area contributed by atoms with Gasteiger partial charge < -0.3 is 19.9 Å². The first-order chi connectivity index (χ1) is 16.0. The summed E-state index contributed by atoms with van der Waals surface area (Å²) in [6, 6.07) is 4.32. The highest BCUT2D eigenvalue weighted by Gasteiger charge is 2.31. The van der Waals surface area contributed by atoms with Gasteiger partial charge in [-0.2, -0.15) is 13.2 Å². The van der Waals surface area contributed by atoms with E-state index in [4.69, 9.17) is 0 Å². The summed E-state index contributed by atoms with van der Waals surface area (Å²) in [7, 11) is 0.